The van der Waals surface area contributed by atoms with E-state index in [9.17, 15) is 0 Å². The molecule has 0 N–H and O–H groups in total. The van der Waals surface area contributed by atoms with Gasteiger partial charge in [-0.3, -0.25) is 0 Å². The molecule has 1 rings (SSSR count). The summed E-state index contributed by atoms with van der Waals surface area (Å²) in [6.45, 7) is 4.36. The van der Waals surface area contributed by atoms with Gasteiger partial charge < -0.3 is 4.57 Å². The van der Waals surface area contributed by atoms with Crippen LogP contribution in [-0.4, -0.2) is 9.55 Å². The third-order valence-electron chi connectivity index (χ3n) is 1.14. The fourth-order valence-corrected chi connectivity index (χ4v) is 0.326. The monoisotopic (exact) mass is 140 g/mol. The molecule has 58 valence electrons. The van der Waals surface area contributed by atoms with Gasteiger partial charge in [-0.2, -0.15) is 0 Å². The first-order valence-electron chi connectivity index (χ1n) is 3.73. The predicted octanol–water partition coefficient (Wildman–Crippen LogP) is 2.23. The summed E-state index contributed by atoms with van der Waals surface area (Å²) in [6, 6.07) is 0. The van der Waals surface area contributed by atoms with Crippen LogP contribution in [0.4, 0.5) is 0 Å². The van der Waals surface area contributed by atoms with Gasteiger partial charge in [-0.05, 0) is 0 Å². The fourth-order valence-electron chi connectivity index (χ4n) is 0.326. The Morgan fingerprint density at radius 3 is 2.00 bits per heavy atom. The molecule has 2 nitrogen and oxygen atoms in total. The zero-order chi connectivity index (χ0) is 7.82. The van der Waals surface area contributed by atoms with Crippen LogP contribution < -0.4 is 0 Å². The molecular weight excluding hydrogens is 124 g/mol. The maximum absolute atomic E-state index is 3.78. The van der Waals surface area contributed by atoms with Crippen LogP contribution in [0, 0.1) is 0 Å². The summed E-state index contributed by atoms with van der Waals surface area (Å²) < 4.78 is 1.89. The Morgan fingerprint density at radius 1 is 1.30 bits per heavy atom. The van der Waals surface area contributed by atoms with Crippen molar-refractivity contribution in [1.29, 1.82) is 0 Å². The van der Waals surface area contributed by atoms with Crippen LogP contribution in [0.3, 0.4) is 0 Å². The van der Waals surface area contributed by atoms with Crippen molar-refractivity contribution in [3.63, 3.8) is 0 Å². The number of aryl methyl sites for hydroxylation is 1. The quantitative estimate of drug-likeness (QED) is 0.585. The van der Waals surface area contributed by atoms with Crippen LogP contribution in [0.2, 0.25) is 0 Å². The predicted molar refractivity (Wildman–Crippen MR) is 43.8 cm³/mol. The van der Waals surface area contributed by atoms with E-state index in [0.717, 1.165) is 0 Å². The minimum atomic E-state index is 1.32. The SMILES string of the molecule is CCCC.Cn1ccnc1. The van der Waals surface area contributed by atoms with E-state index in [2.05, 4.69) is 18.8 Å². The molecule has 2 heteroatoms. The van der Waals surface area contributed by atoms with Gasteiger partial charge in [-0.25, -0.2) is 4.98 Å². The van der Waals surface area contributed by atoms with Gasteiger partial charge in [0.1, 0.15) is 0 Å². The molecule has 0 aliphatic rings. The first kappa shape index (κ1) is 9.21. The average molecular weight is 140 g/mol. The van der Waals surface area contributed by atoms with Crippen LogP contribution in [0.5, 0.6) is 0 Å². The van der Waals surface area contributed by atoms with Crippen molar-refractivity contribution in [3.8, 4) is 0 Å². The third kappa shape index (κ3) is 5.35. The Balaban J connectivity index is 0.000000180. The highest BCUT2D eigenvalue weighted by Crippen LogP contribution is 1.76. The Bertz CT molecular complexity index is 131. The topological polar surface area (TPSA) is 17.8 Å². The van der Waals surface area contributed by atoms with Gasteiger partial charge in [-0.15, -0.1) is 0 Å². The number of unbranched alkanes of at least 4 members (excludes halogenated alkanes) is 1. The van der Waals surface area contributed by atoms with Crippen molar-refractivity contribution >= 4 is 0 Å². The highest BCUT2D eigenvalue weighted by molar-refractivity contribution is 4.70. The number of nitrogens with zero attached hydrogens (tertiary/aromatic N) is 2. The van der Waals surface area contributed by atoms with Gasteiger partial charge in [0.25, 0.3) is 0 Å². The Labute approximate surface area is 62.9 Å². The van der Waals surface area contributed by atoms with Crippen LogP contribution >= 0.6 is 0 Å². The lowest BCUT2D eigenvalue weighted by molar-refractivity contribution is 0.886. The van der Waals surface area contributed by atoms with E-state index >= 15 is 0 Å². The van der Waals surface area contributed by atoms with Crippen LogP contribution in [0.25, 0.3) is 0 Å². The summed E-state index contributed by atoms with van der Waals surface area (Å²) in [4.78, 5) is 3.78. The number of aromatic nitrogens is 2. The first-order valence-corrected chi connectivity index (χ1v) is 3.73. The second-order valence-corrected chi connectivity index (χ2v) is 2.23. The summed E-state index contributed by atoms with van der Waals surface area (Å²) in [6.07, 6.45) is 8.03. The van der Waals surface area contributed by atoms with Crippen LogP contribution in [-0.2, 0) is 7.05 Å². The van der Waals surface area contributed by atoms with Crippen molar-refractivity contribution in [1.82, 2.24) is 9.55 Å². The minimum absolute atomic E-state index is 1.32. The molecule has 0 radical (unpaired) electrons. The van der Waals surface area contributed by atoms with Crippen LogP contribution in [0.15, 0.2) is 18.7 Å². The van der Waals surface area contributed by atoms with E-state index in [1.165, 1.54) is 12.8 Å². The highest BCUT2D eigenvalue weighted by atomic mass is 15.0. The Kier molecular flexibility index (Phi) is 5.83. The molecule has 0 unspecified atom stereocenters. The molecule has 0 amide bonds. The molecule has 0 saturated heterocycles. The van der Waals surface area contributed by atoms with E-state index < -0.39 is 0 Å². The van der Waals surface area contributed by atoms with Crippen molar-refractivity contribution in [2.24, 2.45) is 7.05 Å². The molecule has 0 aliphatic carbocycles. The Morgan fingerprint density at radius 2 is 1.90 bits per heavy atom. The van der Waals surface area contributed by atoms with Gasteiger partial charge in [-0.1, -0.05) is 26.7 Å². The summed E-state index contributed by atoms with van der Waals surface area (Å²) >= 11 is 0. The lowest BCUT2D eigenvalue weighted by atomic mass is 10.4. The zero-order valence-electron chi connectivity index (χ0n) is 7.04. The van der Waals surface area contributed by atoms with Gasteiger partial charge in [0.2, 0.25) is 0 Å². The molecule has 0 spiro atoms. The maximum Gasteiger partial charge on any atom is 0.0943 e. The molecule has 1 heterocycles. The van der Waals surface area contributed by atoms with E-state index in [0.29, 0.717) is 0 Å². The van der Waals surface area contributed by atoms with Crippen molar-refractivity contribution in [3.05, 3.63) is 18.7 Å². The molecule has 0 fully saturated rings. The van der Waals surface area contributed by atoms with E-state index in [1.807, 2.05) is 17.8 Å². The van der Waals surface area contributed by atoms with Gasteiger partial charge in [0, 0.05) is 19.4 Å². The number of imidazole rings is 1. The highest BCUT2D eigenvalue weighted by Gasteiger charge is 1.69. The van der Waals surface area contributed by atoms with E-state index in [-0.39, 0.29) is 0 Å². The molecule has 0 bridgehead atoms. The summed E-state index contributed by atoms with van der Waals surface area (Å²) in [7, 11) is 1.94. The van der Waals surface area contributed by atoms with Crippen molar-refractivity contribution < 1.29 is 0 Å². The average Bonchev–Trinajstić information content (AvgIpc) is 2.40. The molecule has 0 aliphatic heterocycles. The van der Waals surface area contributed by atoms with Crippen molar-refractivity contribution in [2.45, 2.75) is 26.7 Å². The van der Waals surface area contributed by atoms with Gasteiger partial charge in [0.15, 0.2) is 0 Å². The molecule has 0 aromatic carbocycles. The normalized spacial score (nSPS) is 8.30. The first-order chi connectivity index (χ1) is 4.81. The molecule has 0 atom stereocenters. The molecular formula is C8H16N2. The summed E-state index contributed by atoms with van der Waals surface area (Å²) in [5, 5.41) is 0. The molecule has 0 saturated carbocycles. The van der Waals surface area contributed by atoms with Gasteiger partial charge in [0.05, 0.1) is 6.33 Å². The standard InChI is InChI=1S/C4H6N2.C4H10/c1-6-3-2-5-4-6;1-3-4-2/h2-4H,1H3;3-4H2,1-2H3. The van der Waals surface area contributed by atoms with Crippen molar-refractivity contribution in [2.75, 3.05) is 0 Å². The maximum atomic E-state index is 3.78. The fraction of sp³-hybridized carbons (Fsp3) is 0.625. The molecule has 10 heavy (non-hydrogen) atoms. The number of hydrogen-bond donors (Lipinski definition) is 0. The number of rotatable bonds is 1. The minimum Gasteiger partial charge on any atom is -0.341 e. The third-order valence-corrected chi connectivity index (χ3v) is 1.14. The lowest BCUT2D eigenvalue weighted by Crippen LogP contribution is -1.76. The smallest absolute Gasteiger partial charge is 0.0943 e. The molecule has 1 aromatic heterocycles. The number of hydrogen-bond acceptors (Lipinski definition) is 1. The lowest BCUT2D eigenvalue weighted by Gasteiger charge is -1.76. The second-order valence-electron chi connectivity index (χ2n) is 2.23. The largest absolute Gasteiger partial charge is 0.341 e. The second kappa shape index (κ2) is 6.33. The van der Waals surface area contributed by atoms with E-state index in [4.69, 9.17) is 0 Å². The Hall–Kier alpha value is -0.790. The van der Waals surface area contributed by atoms with E-state index in [1.54, 1.807) is 12.5 Å². The zero-order valence-corrected chi connectivity index (χ0v) is 7.04. The summed E-state index contributed by atoms with van der Waals surface area (Å²) in [5.41, 5.74) is 0. The van der Waals surface area contributed by atoms with Crippen LogP contribution in [0.1, 0.15) is 26.7 Å². The summed E-state index contributed by atoms with van der Waals surface area (Å²) in [5.74, 6) is 0. The molecule has 1 aromatic rings. The van der Waals surface area contributed by atoms with Gasteiger partial charge >= 0.3 is 0 Å².